The number of β-amino-alcohol motifs (C(OH)–C–C–N with tert-alkyl or cyclic N) is 1. The fourth-order valence-corrected chi connectivity index (χ4v) is 6.10. The van der Waals surface area contributed by atoms with Crippen molar-refractivity contribution in [2.45, 2.75) is 85.7 Å². The topological polar surface area (TPSA) is 109 Å². The molecule has 3 heterocycles. The molecule has 2 aromatic heterocycles. The number of rotatable bonds is 8. The number of carbonyl (C=O) groups excluding carboxylic acids is 2. The number of aromatic nitrogens is 2. The van der Waals surface area contributed by atoms with Crippen molar-refractivity contribution in [1.29, 1.82) is 0 Å². The van der Waals surface area contributed by atoms with Crippen LogP contribution < -0.4 is 5.32 Å². The molecule has 0 saturated carbocycles. The minimum absolute atomic E-state index is 0.00609. The summed E-state index contributed by atoms with van der Waals surface area (Å²) in [6, 6.07) is 6.35. The summed E-state index contributed by atoms with van der Waals surface area (Å²) in [6.45, 7) is 13.8. The van der Waals surface area contributed by atoms with E-state index in [0.717, 1.165) is 38.6 Å². The number of nitrogens with zero attached hydrogens (tertiary/aromatic N) is 3. The van der Waals surface area contributed by atoms with E-state index in [1.807, 2.05) is 38.4 Å². The van der Waals surface area contributed by atoms with Crippen molar-refractivity contribution in [3.8, 4) is 10.4 Å². The van der Waals surface area contributed by atoms with Crippen molar-refractivity contribution >= 4 is 23.2 Å². The fourth-order valence-electron chi connectivity index (χ4n) is 5.30. The van der Waals surface area contributed by atoms with Crippen LogP contribution in [0.2, 0.25) is 0 Å². The molecule has 216 valence electrons. The summed E-state index contributed by atoms with van der Waals surface area (Å²) >= 11 is 1.58. The lowest BCUT2D eigenvalue weighted by Gasteiger charge is -2.29. The third-order valence-corrected chi connectivity index (χ3v) is 8.19. The number of aryl methyl sites for hydroxylation is 2. The highest BCUT2D eigenvalue weighted by atomic mass is 32.1. The first-order valence-corrected chi connectivity index (χ1v) is 14.5. The molecule has 1 aromatic carbocycles. The number of aliphatic hydroxyl groups excluding tert-OH is 1. The molecule has 0 bridgehead atoms. The Morgan fingerprint density at radius 2 is 1.95 bits per heavy atom. The predicted octanol–water partition coefficient (Wildman–Crippen LogP) is 4.97. The Kier molecular flexibility index (Phi) is 8.80. The lowest BCUT2D eigenvalue weighted by atomic mass is 9.85. The molecule has 0 aliphatic carbocycles. The van der Waals surface area contributed by atoms with E-state index in [1.54, 1.807) is 24.3 Å². The van der Waals surface area contributed by atoms with Crippen LogP contribution in [-0.4, -0.2) is 56.8 Å². The van der Waals surface area contributed by atoms with Crippen molar-refractivity contribution in [1.82, 2.24) is 20.4 Å². The van der Waals surface area contributed by atoms with Crippen molar-refractivity contribution in [2.24, 2.45) is 11.3 Å². The molecule has 3 aromatic rings. The number of thiazole rings is 1. The number of amides is 2. The van der Waals surface area contributed by atoms with E-state index >= 15 is 4.39 Å². The Balaban J connectivity index is 1.56. The largest absolute Gasteiger partial charge is 0.388 e. The van der Waals surface area contributed by atoms with Gasteiger partial charge in [-0.05, 0) is 54.4 Å². The monoisotopic (exact) mass is 570 g/mol. The van der Waals surface area contributed by atoms with Crippen LogP contribution in [0.15, 0.2) is 34.3 Å². The first-order chi connectivity index (χ1) is 18.8. The minimum atomic E-state index is -1.90. The maximum atomic E-state index is 15.2. The van der Waals surface area contributed by atoms with Crippen LogP contribution in [0.5, 0.6) is 0 Å². The molecular formula is C30H39FN4O4S. The lowest BCUT2D eigenvalue weighted by Crippen LogP contribution is -2.50. The smallest absolute Gasteiger partial charge is 0.246 e. The van der Waals surface area contributed by atoms with Gasteiger partial charge in [0.05, 0.1) is 28.3 Å². The molecule has 1 fully saturated rings. The zero-order valence-corrected chi connectivity index (χ0v) is 25.0. The fraction of sp³-hybridized carbons (Fsp3) is 0.533. The molecule has 0 radical (unpaired) electrons. The van der Waals surface area contributed by atoms with Crippen LogP contribution in [0.25, 0.3) is 10.4 Å². The van der Waals surface area contributed by atoms with Crippen LogP contribution in [0.3, 0.4) is 0 Å². The van der Waals surface area contributed by atoms with Gasteiger partial charge in [-0.1, -0.05) is 51.9 Å². The quantitative estimate of drug-likeness (QED) is 0.396. The summed E-state index contributed by atoms with van der Waals surface area (Å²) in [6.07, 6.45) is -2.59. The SMILES string of the molecule is Cc1cc([C@H](C(=O)N2C[C@H](O)[C@H](F)[C@H]2C(=O)NCc2ccc(-c3scnc3C)cc2CC(C)(C)C)C(C)C)on1. The van der Waals surface area contributed by atoms with E-state index in [0.29, 0.717) is 11.5 Å². The van der Waals surface area contributed by atoms with Crippen LogP contribution in [0.1, 0.15) is 68.8 Å². The summed E-state index contributed by atoms with van der Waals surface area (Å²) in [7, 11) is 0. The molecule has 0 unspecified atom stereocenters. The van der Waals surface area contributed by atoms with Crippen LogP contribution >= 0.6 is 11.3 Å². The van der Waals surface area contributed by atoms with Crippen molar-refractivity contribution < 1.29 is 23.6 Å². The number of hydrogen-bond donors (Lipinski definition) is 2. The number of carbonyl (C=O) groups is 2. The Bertz CT molecular complexity index is 1360. The molecular weight excluding hydrogens is 531 g/mol. The molecule has 4 rings (SSSR count). The van der Waals surface area contributed by atoms with E-state index < -0.39 is 36.0 Å². The number of hydrogen-bond acceptors (Lipinski definition) is 7. The Morgan fingerprint density at radius 3 is 2.52 bits per heavy atom. The van der Waals surface area contributed by atoms with Gasteiger partial charge in [-0.3, -0.25) is 9.59 Å². The summed E-state index contributed by atoms with van der Waals surface area (Å²) in [5.41, 5.74) is 6.46. The summed E-state index contributed by atoms with van der Waals surface area (Å²) < 4.78 is 20.6. The van der Waals surface area contributed by atoms with Gasteiger partial charge < -0.3 is 19.8 Å². The molecule has 8 nitrogen and oxygen atoms in total. The van der Waals surface area contributed by atoms with Crippen molar-refractivity contribution in [3.05, 3.63) is 58.1 Å². The number of alkyl halides is 1. The standard InChI is InChI=1S/C30H39FN4O4S/c1-16(2)24(23-10-17(3)34-39-23)29(38)35-14-22(36)25(31)26(35)28(37)32-13-20-9-8-19(27-18(4)33-15-40-27)11-21(20)12-30(5,6)7/h8-11,15-16,22,24-26,36H,12-14H2,1-7H3,(H,32,37)/t22-,24+,25-,26-/m0/s1. The third kappa shape index (κ3) is 6.44. The third-order valence-electron chi connectivity index (χ3n) is 7.21. The van der Waals surface area contributed by atoms with E-state index in [4.69, 9.17) is 4.52 Å². The zero-order chi connectivity index (χ0) is 29.4. The summed E-state index contributed by atoms with van der Waals surface area (Å²) in [4.78, 5) is 33.7. The summed E-state index contributed by atoms with van der Waals surface area (Å²) in [5.74, 6) is -1.70. The number of nitrogens with one attached hydrogen (secondary N) is 1. The van der Waals surface area contributed by atoms with Gasteiger partial charge in [-0.2, -0.15) is 0 Å². The molecule has 40 heavy (non-hydrogen) atoms. The second-order valence-corrected chi connectivity index (χ2v) is 13.1. The zero-order valence-electron chi connectivity index (χ0n) is 24.2. The minimum Gasteiger partial charge on any atom is -0.388 e. The Morgan fingerprint density at radius 1 is 1.23 bits per heavy atom. The number of benzene rings is 1. The van der Waals surface area contributed by atoms with Gasteiger partial charge in [-0.15, -0.1) is 11.3 Å². The van der Waals surface area contributed by atoms with Crippen molar-refractivity contribution in [3.63, 3.8) is 0 Å². The van der Waals surface area contributed by atoms with Gasteiger partial charge in [-0.25, -0.2) is 9.37 Å². The maximum absolute atomic E-state index is 15.2. The number of likely N-dealkylation sites (tertiary alicyclic amines) is 1. The second kappa shape index (κ2) is 11.8. The normalized spacial score (nSPS) is 20.2. The predicted molar refractivity (Wildman–Crippen MR) is 153 cm³/mol. The van der Waals surface area contributed by atoms with Gasteiger partial charge >= 0.3 is 0 Å². The first-order valence-electron chi connectivity index (χ1n) is 13.6. The molecule has 1 aliphatic rings. The van der Waals surface area contributed by atoms with E-state index in [2.05, 4.69) is 42.3 Å². The van der Waals surface area contributed by atoms with Gasteiger partial charge in [0.15, 0.2) is 6.17 Å². The van der Waals surface area contributed by atoms with E-state index in [-0.39, 0.29) is 24.4 Å². The van der Waals surface area contributed by atoms with Gasteiger partial charge in [0.1, 0.15) is 23.8 Å². The van der Waals surface area contributed by atoms with Crippen LogP contribution in [0, 0.1) is 25.2 Å². The lowest BCUT2D eigenvalue weighted by molar-refractivity contribution is -0.142. The highest BCUT2D eigenvalue weighted by molar-refractivity contribution is 7.13. The average molecular weight is 571 g/mol. The highest BCUT2D eigenvalue weighted by Gasteiger charge is 2.50. The summed E-state index contributed by atoms with van der Waals surface area (Å²) in [5, 5.41) is 17.1. The Labute approximate surface area is 239 Å². The number of aliphatic hydroxyl groups is 1. The molecule has 10 heteroatoms. The van der Waals surface area contributed by atoms with Crippen LogP contribution in [-0.2, 0) is 22.6 Å². The van der Waals surface area contributed by atoms with E-state index in [9.17, 15) is 14.7 Å². The second-order valence-electron chi connectivity index (χ2n) is 12.2. The molecule has 2 N–H and O–H groups in total. The highest BCUT2D eigenvalue weighted by Crippen LogP contribution is 2.33. The Hall–Kier alpha value is -3.11. The van der Waals surface area contributed by atoms with Crippen molar-refractivity contribution in [2.75, 3.05) is 6.54 Å². The average Bonchev–Trinajstić information content (AvgIpc) is 3.56. The van der Waals surface area contributed by atoms with E-state index in [1.165, 1.54) is 0 Å². The number of halogens is 1. The molecule has 0 spiro atoms. The van der Waals surface area contributed by atoms with Gasteiger partial charge in [0.25, 0.3) is 0 Å². The molecule has 4 atom stereocenters. The molecule has 2 amide bonds. The molecule has 1 aliphatic heterocycles. The maximum Gasteiger partial charge on any atom is 0.246 e. The van der Waals surface area contributed by atoms with Crippen LogP contribution in [0.4, 0.5) is 4.39 Å². The van der Waals surface area contributed by atoms with Gasteiger partial charge in [0.2, 0.25) is 11.8 Å². The molecule has 1 saturated heterocycles. The first kappa shape index (κ1) is 29.9. The van der Waals surface area contributed by atoms with Gasteiger partial charge in [0, 0.05) is 12.6 Å².